The second-order valence-corrected chi connectivity index (χ2v) is 6.02. The number of ether oxygens (including phenoxy) is 1. The van der Waals surface area contributed by atoms with Crippen LogP contribution in [0.5, 0.6) is 0 Å². The molecule has 0 saturated carbocycles. The topological polar surface area (TPSA) is 70.7 Å². The van der Waals surface area contributed by atoms with Crippen LogP contribution in [0.25, 0.3) is 0 Å². The predicted octanol–water partition coefficient (Wildman–Crippen LogP) is 0.376. The standard InChI is InChI=1S/C15H29N3O3/c1-12(2)10-17-14(19)11-18(3)15(20)6-9-21-13-4-7-16-8-5-13/h12-13,16H,4-11H2,1-3H3,(H,17,19). The Morgan fingerprint density at radius 3 is 2.62 bits per heavy atom. The molecular formula is C15H29N3O3. The van der Waals surface area contributed by atoms with Gasteiger partial charge in [-0.15, -0.1) is 0 Å². The first kappa shape index (κ1) is 17.9. The monoisotopic (exact) mass is 299 g/mol. The first-order valence-corrected chi connectivity index (χ1v) is 7.82. The summed E-state index contributed by atoms with van der Waals surface area (Å²) in [4.78, 5) is 25.0. The summed E-state index contributed by atoms with van der Waals surface area (Å²) in [7, 11) is 1.65. The van der Waals surface area contributed by atoms with Crippen molar-refractivity contribution in [1.82, 2.24) is 15.5 Å². The van der Waals surface area contributed by atoms with E-state index in [1.165, 1.54) is 4.90 Å². The SMILES string of the molecule is CC(C)CNC(=O)CN(C)C(=O)CCOC1CCNCC1. The van der Waals surface area contributed by atoms with Crippen LogP contribution in [0, 0.1) is 5.92 Å². The molecule has 0 atom stereocenters. The predicted molar refractivity (Wildman–Crippen MR) is 81.9 cm³/mol. The highest BCUT2D eigenvalue weighted by Gasteiger charge is 2.16. The Labute approximate surface area is 127 Å². The van der Waals surface area contributed by atoms with Crippen molar-refractivity contribution < 1.29 is 14.3 Å². The molecule has 1 saturated heterocycles. The van der Waals surface area contributed by atoms with Crippen LogP contribution < -0.4 is 10.6 Å². The first-order chi connectivity index (χ1) is 9.99. The van der Waals surface area contributed by atoms with Crippen LogP contribution in [0.3, 0.4) is 0 Å². The molecule has 0 aromatic rings. The fourth-order valence-electron chi connectivity index (χ4n) is 2.14. The van der Waals surface area contributed by atoms with E-state index < -0.39 is 0 Å². The van der Waals surface area contributed by atoms with E-state index in [1.807, 2.05) is 13.8 Å². The second-order valence-electron chi connectivity index (χ2n) is 6.02. The number of likely N-dealkylation sites (N-methyl/N-ethyl adjacent to an activating group) is 1. The van der Waals surface area contributed by atoms with Crippen molar-refractivity contribution in [1.29, 1.82) is 0 Å². The highest BCUT2D eigenvalue weighted by Crippen LogP contribution is 2.07. The lowest BCUT2D eigenvalue weighted by Crippen LogP contribution is -2.40. The average Bonchev–Trinajstić information content (AvgIpc) is 2.46. The normalized spacial score (nSPS) is 16.0. The van der Waals surface area contributed by atoms with Crippen molar-refractivity contribution in [3.63, 3.8) is 0 Å². The van der Waals surface area contributed by atoms with Crippen molar-refractivity contribution >= 4 is 11.8 Å². The summed E-state index contributed by atoms with van der Waals surface area (Å²) in [6.07, 6.45) is 2.60. The molecule has 1 fully saturated rings. The van der Waals surface area contributed by atoms with E-state index >= 15 is 0 Å². The van der Waals surface area contributed by atoms with Gasteiger partial charge in [-0.3, -0.25) is 9.59 Å². The number of amides is 2. The fourth-order valence-corrected chi connectivity index (χ4v) is 2.14. The summed E-state index contributed by atoms with van der Waals surface area (Å²) in [5, 5.41) is 6.08. The van der Waals surface area contributed by atoms with E-state index in [0.717, 1.165) is 25.9 Å². The van der Waals surface area contributed by atoms with Gasteiger partial charge in [-0.1, -0.05) is 13.8 Å². The minimum atomic E-state index is -0.112. The maximum Gasteiger partial charge on any atom is 0.239 e. The van der Waals surface area contributed by atoms with Gasteiger partial charge >= 0.3 is 0 Å². The van der Waals surface area contributed by atoms with Gasteiger partial charge < -0.3 is 20.3 Å². The second kappa shape index (κ2) is 9.73. The highest BCUT2D eigenvalue weighted by molar-refractivity contribution is 5.84. The lowest BCUT2D eigenvalue weighted by atomic mass is 10.1. The van der Waals surface area contributed by atoms with Gasteiger partial charge in [0.25, 0.3) is 0 Å². The Hall–Kier alpha value is -1.14. The van der Waals surface area contributed by atoms with Gasteiger partial charge in [0, 0.05) is 13.6 Å². The Morgan fingerprint density at radius 1 is 1.33 bits per heavy atom. The van der Waals surface area contributed by atoms with Crippen molar-refractivity contribution in [3.05, 3.63) is 0 Å². The maximum absolute atomic E-state index is 11.9. The third-order valence-corrected chi connectivity index (χ3v) is 3.47. The quantitative estimate of drug-likeness (QED) is 0.679. The van der Waals surface area contributed by atoms with Crippen molar-refractivity contribution in [2.75, 3.05) is 39.8 Å². The number of nitrogens with zero attached hydrogens (tertiary/aromatic N) is 1. The van der Waals surface area contributed by atoms with E-state index in [-0.39, 0.29) is 24.5 Å². The van der Waals surface area contributed by atoms with Crippen LogP contribution in [0.15, 0.2) is 0 Å². The molecule has 6 nitrogen and oxygen atoms in total. The summed E-state index contributed by atoms with van der Waals surface area (Å²) in [6, 6.07) is 0. The molecule has 0 aliphatic carbocycles. The Morgan fingerprint density at radius 2 is 2.00 bits per heavy atom. The summed E-state index contributed by atoms with van der Waals surface area (Å²) in [5.74, 6) is 0.246. The van der Waals surface area contributed by atoms with Gasteiger partial charge in [-0.25, -0.2) is 0 Å². The highest BCUT2D eigenvalue weighted by atomic mass is 16.5. The zero-order valence-electron chi connectivity index (χ0n) is 13.5. The molecule has 1 heterocycles. The molecular weight excluding hydrogens is 270 g/mol. The molecule has 0 aromatic heterocycles. The summed E-state index contributed by atoms with van der Waals surface area (Å²) < 4.78 is 5.70. The minimum absolute atomic E-state index is 0.0522. The van der Waals surface area contributed by atoms with Crippen LogP contribution in [-0.4, -0.2) is 62.7 Å². The number of carbonyl (C=O) groups excluding carboxylic acids is 2. The number of hydrogen-bond donors (Lipinski definition) is 2. The van der Waals surface area contributed by atoms with Crippen LogP contribution in [0.2, 0.25) is 0 Å². The molecule has 0 aromatic carbocycles. The molecule has 0 bridgehead atoms. The number of rotatable bonds is 8. The third-order valence-electron chi connectivity index (χ3n) is 3.47. The molecule has 2 N–H and O–H groups in total. The number of carbonyl (C=O) groups is 2. The zero-order valence-corrected chi connectivity index (χ0v) is 13.5. The minimum Gasteiger partial charge on any atom is -0.378 e. The molecule has 2 amide bonds. The van der Waals surface area contributed by atoms with Gasteiger partial charge in [0.2, 0.25) is 11.8 Å². The molecule has 21 heavy (non-hydrogen) atoms. The smallest absolute Gasteiger partial charge is 0.239 e. The molecule has 122 valence electrons. The van der Waals surface area contributed by atoms with E-state index in [4.69, 9.17) is 4.74 Å². The molecule has 1 aliphatic heterocycles. The first-order valence-electron chi connectivity index (χ1n) is 7.82. The van der Waals surface area contributed by atoms with Crippen LogP contribution >= 0.6 is 0 Å². The van der Waals surface area contributed by atoms with Crippen LogP contribution in [0.1, 0.15) is 33.1 Å². The number of nitrogens with one attached hydrogen (secondary N) is 2. The van der Waals surface area contributed by atoms with Crippen molar-refractivity contribution in [2.45, 2.75) is 39.2 Å². The van der Waals surface area contributed by atoms with E-state index in [1.54, 1.807) is 7.05 Å². The largest absolute Gasteiger partial charge is 0.378 e. The maximum atomic E-state index is 11.9. The number of piperidine rings is 1. The molecule has 0 unspecified atom stereocenters. The van der Waals surface area contributed by atoms with Crippen molar-refractivity contribution in [3.8, 4) is 0 Å². The lowest BCUT2D eigenvalue weighted by Gasteiger charge is -2.23. The summed E-state index contributed by atoms with van der Waals surface area (Å²) >= 11 is 0. The molecule has 6 heteroatoms. The van der Waals surface area contributed by atoms with Gasteiger partial charge in [0.15, 0.2) is 0 Å². The van der Waals surface area contributed by atoms with E-state index in [0.29, 0.717) is 25.5 Å². The molecule has 1 aliphatic rings. The van der Waals surface area contributed by atoms with Gasteiger partial charge in [0.1, 0.15) is 0 Å². The fraction of sp³-hybridized carbons (Fsp3) is 0.867. The van der Waals surface area contributed by atoms with Crippen molar-refractivity contribution in [2.24, 2.45) is 5.92 Å². The van der Waals surface area contributed by atoms with Crippen LogP contribution in [0.4, 0.5) is 0 Å². The zero-order chi connectivity index (χ0) is 15.7. The summed E-state index contributed by atoms with van der Waals surface area (Å²) in [6.45, 7) is 7.21. The van der Waals surface area contributed by atoms with Gasteiger partial charge in [-0.2, -0.15) is 0 Å². The number of hydrogen-bond acceptors (Lipinski definition) is 4. The third kappa shape index (κ3) is 8.02. The molecule has 1 rings (SSSR count). The van der Waals surface area contributed by atoms with Gasteiger partial charge in [0.05, 0.1) is 25.7 Å². The summed E-state index contributed by atoms with van der Waals surface area (Å²) in [5.41, 5.74) is 0. The van der Waals surface area contributed by atoms with E-state index in [9.17, 15) is 9.59 Å². The molecule has 0 spiro atoms. The Balaban J connectivity index is 2.13. The Kier molecular flexibility index (Phi) is 8.30. The Bertz CT molecular complexity index is 328. The average molecular weight is 299 g/mol. The molecule has 0 radical (unpaired) electrons. The lowest BCUT2D eigenvalue weighted by molar-refractivity contribution is -0.136. The van der Waals surface area contributed by atoms with Gasteiger partial charge in [-0.05, 0) is 31.8 Å². The van der Waals surface area contributed by atoms with Crippen LogP contribution in [-0.2, 0) is 14.3 Å². The van der Waals surface area contributed by atoms with E-state index in [2.05, 4.69) is 10.6 Å².